The molecule has 0 bridgehead atoms. The van der Waals surface area contributed by atoms with Crippen molar-refractivity contribution in [3.8, 4) is 5.75 Å². The first kappa shape index (κ1) is 19.8. The van der Waals surface area contributed by atoms with Crippen LogP contribution in [-0.4, -0.2) is 37.9 Å². The Hall–Kier alpha value is -1.50. The Kier molecular flexibility index (Phi) is 5.87. The molecule has 0 saturated carbocycles. The Balaban J connectivity index is 2.35. The molecule has 1 aliphatic rings. The highest BCUT2D eigenvalue weighted by molar-refractivity contribution is 6.56. The van der Waals surface area contributed by atoms with Crippen LogP contribution in [0.5, 0.6) is 5.75 Å². The number of hydrogen-bond donors (Lipinski definition) is 1. The van der Waals surface area contributed by atoms with E-state index in [1.807, 2.05) is 45.9 Å². The van der Waals surface area contributed by atoms with Crippen LogP contribution in [0, 0.1) is 0 Å². The molecule has 1 saturated heterocycles. The molecule has 0 radical (unpaired) electrons. The van der Waals surface area contributed by atoms with Crippen molar-refractivity contribution >= 4 is 30.7 Å². The van der Waals surface area contributed by atoms with Gasteiger partial charge in [0.1, 0.15) is 5.75 Å². The van der Waals surface area contributed by atoms with Gasteiger partial charge in [0.15, 0.2) is 0 Å². The molecule has 1 aliphatic heterocycles. The number of halogens is 1. The standard InChI is InChI=1S/C18H25BClNO4/c1-12(22)21-11-14(19-24-17(2,3)18(4,5)25-19)9-13-7-8-15(20)16(10-13)23-6/h7-10H,11H2,1-6H3,(H,21,22). The highest BCUT2D eigenvalue weighted by Gasteiger charge is 2.52. The van der Waals surface area contributed by atoms with Crippen LogP contribution in [0.3, 0.4) is 0 Å². The number of ether oxygens (including phenoxy) is 1. The highest BCUT2D eigenvalue weighted by Crippen LogP contribution is 2.39. The van der Waals surface area contributed by atoms with Gasteiger partial charge in [-0.25, -0.2) is 0 Å². The zero-order valence-corrected chi connectivity index (χ0v) is 16.4. The zero-order valence-electron chi connectivity index (χ0n) is 15.6. The van der Waals surface area contributed by atoms with E-state index < -0.39 is 18.3 Å². The van der Waals surface area contributed by atoms with Crippen molar-refractivity contribution in [3.63, 3.8) is 0 Å². The average molecular weight is 366 g/mol. The number of amides is 1. The molecule has 2 rings (SSSR count). The molecule has 0 spiro atoms. The Morgan fingerprint density at radius 2 is 1.88 bits per heavy atom. The van der Waals surface area contributed by atoms with Crippen LogP contribution in [0.25, 0.3) is 6.08 Å². The summed E-state index contributed by atoms with van der Waals surface area (Å²) in [5, 5.41) is 3.35. The Labute approximate surface area is 154 Å². The molecule has 7 heteroatoms. The smallest absolute Gasteiger partial charge is 0.492 e. The van der Waals surface area contributed by atoms with Gasteiger partial charge in [0.2, 0.25) is 5.91 Å². The molecule has 0 aromatic heterocycles. The second kappa shape index (κ2) is 7.40. The second-order valence-electron chi connectivity index (χ2n) is 7.11. The maximum absolute atomic E-state index is 11.4. The van der Waals surface area contributed by atoms with Crippen LogP contribution in [0.1, 0.15) is 40.2 Å². The predicted octanol–water partition coefficient (Wildman–Crippen LogP) is 3.50. The fraction of sp³-hybridized carbons (Fsp3) is 0.500. The monoisotopic (exact) mass is 365 g/mol. The topological polar surface area (TPSA) is 56.8 Å². The van der Waals surface area contributed by atoms with Crippen molar-refractivity contribution in [1.82, 2.24) is 5.32 Å². The van der Waals surface area contributed by atoms with Crippen LogP contribution >= 0.6 is 11.6 Å². The summed E-state index contributed by atoms with van der Waals surface area (Å²) in [4.78, 5) is 11.4. The molecule has 1 aromatic carbocycles. The molecule has 0 aliphatic carbocycles. The molecular weight excluding hydrogens is 340 g/mol. The van der Waals surface area contributed by atoms with Crippen molar-refractivity contribution in [1.29, 1.82) is 0 Å². The lowest BCUT2D eigenvalue weighted by Crippen LogP contribution is -2.41. The van der Waals surface area contributed by atoms with Crippen LogP contribution < -0.4 is 10.1 Å². The Bertz CT molecular complexity index is 672. The molecule has 136 valence electrons. The largest absolute Gasteiger partial charge is 0.495 e. The summed E-state index contributed by atoms with van der Waals surface area (Å²) in [6, 6.07) is 5.48. The average Bonchev–Trinajstić information content (AvgIpc) is 2.73. The molecule has 25 heavy (non-hydrogen) atoms. The molecule has 1 heterocycles. The van der Waals surface area contributed by atoms with E-state index in [-0.39, 0.29) is 5.91 Å². The van der Waals surface area contributed by atoms with Gasteiger partial charge in [0, 0.05) is 13.5 Å². The number of benzene rings is 1. The van der Waals surface area contributed by atoms with Gasteiger partial charge in [0.05, 0.1) is 23.3 Å². The summed E-state index contributed by atoms with van der Waals surface area (Å²) in [7, 11) is 1.03. The van der Waals surface area contributed by atoms with Gasteiger partial charge >= 0.3 is 7.12 Å². The van der Waals surface area contributed by atoms with Gasteiger partial charge in [-0.2, -0.15) is 0 Å². The number of rotatable bonds is 5. The molecule has 1 fully saturated rings. The van der Waals surface area contributed by atoms with E-state index in [9.17, 15) is 4.79 Å². The molecule has 0 unspecified atom stereocenters. The number of methoxy groups -OCH3 is 1. The minimum atomic E-state index is -0.543. The van der Waals surface area contributed by atoms with Crippen molar-refractivity contribution < 1.29 is 18.8 Å². The van der Waals surface area contributed by atoms with Crippen LogP contribution in [0.15, 0.2) is 23.7 Å². The fourth-order valence-electron chi connectivity index (χ4n) is 2.40. The van der Waals surface area contributed by atoms with E-state index in [1.54, 1.807) is 13.2 Å². The van der Waals surface area contributed by atoms with Crippen molar-refractivity contribution in [2.75, 3.05) is 13.7 Å². The minimum absolute atomic E-state index is 0.115. The predicted molar refractivity (Wildman–Crippen MR) is 101 cm³/mol. The van der Waals surface area contributed by atoms with Gasteiger partial charge in [-0.3, -0.25) is 4.79 Å². The lowest BCUT2D eigenvalue weighted by molar-refractivity contribution is -0.118. The van der Waals surface area contributed by atoms with Crippen LogP contribution in [0.4, 0.5) is 0 Å². The third-order valence-corrected chi connectivity index (χ3v) is 4.94. The zero-order chi connectivity index (χ0) is 18.8. The van der Waals surface area contributed by atoms with Crippen LogP contribution in [-0.2, 0) is 14.1 Å². The first-order valence-electron chi connectivity index (χ1n) is 8.20. The number of hydrogen-bond acceptors (Lipinski definition) is 4. The van der Waals surface area contributed by atoms with Gasteiger partial charge in [0.25, 0.3) is 0 Å². The Morgan fingerprint density at radius 1 is 1.28 bits per heavy atom. The van der Waals surface area contributed by atoms with Crippen molar-refractivity contribution in [2.24, 2.45) is 0 Å². The fourth-order valence-corrected chi connectivity index (χ4v) is 2.60. The number of nitrogens with one attached hydrogen (secondary N) is 1. The third-order valence-electron chi connectivity index (χ3n) is 4.62. The van der Waals surface area contributed by atoms with Crippen molar-refractivity contribution in [3.05, 3.63) is 34.3 Å². The quantitative estimate of drug-likeness (QED) is 0.811. The van der Waals surface area contributed by atoms with Gasteiger partial charge < -0.3 is 19.4 Å². The van der Waals surface area contributed by atoms with Gasteiger partial charge in [-0.15, -0.1) is 0 Å². The van der Waals surface area contributed by atoms with E-state index in [2.05, 4.69) is 5.32 Å². The van der Waals surface area contributed by atoms with Crippen molar-refractivity contribution in [2.45, 2.75) is 45.8 Å². The molecule has 1 aromatic rings. The maximum Gasteiger partial charge on any atom is 0.492 e. The first-order valence-corrected chi connectivity index (χ1v) is 8.57. The van der Waals surface area contributed by atoms with E-state index in [0.29, 0.717) is 17.3 Å². The highest BCUT2D eigenvalue weighted by atomic mass is 35.5. The SMILES string of the molecule is COc1cc(C=C(CNC(C)=O)B2OC(C)(C)C(C)(C)O2)ccc1Cl. The maximum atomic E-state index is 11.4. The minimum Gasteiger partial charge on any atom is -0.495 e. The van der Waals surface area contributed by atoms with E-state index in [0.717, 1.165) is 11.0 Å². The van der Waals surface area contributed by atoms with Gasteiger partial charge in [-0.05, 0) is 50.9 Å². The van der Waals surface area contributed by atoms with Gasteiger partial charge in [-0.1, -0.05) is 23.7 Å². The normalized spacial score (nSPS) is 19.0. The lowest BCUT2D eigenvalue weighted by Gasteiger charge is -2.32. The van der Waals surface area contributed by atoms with E-state index in [4.69, 9.17) is 25.6 Å². The summed E-state index contributed by atoms with van der Waals surface area (Å²) < 4.78 is 17.5. The van der Waals surface area contributed by atoms with Crippen LogP contribution in [0.2, 0.25) is 5.02 Å². The lowest BCUT2D eigenvalue weighted by atomic mass is 9.77. The molecule has 1 N–H and O–H groups in total. The summed E-state index contributed by atoms with van der Waals surface area (Å²) in [6.45, 7) is 9.79. The summed E-state index contributed by atoms with van der Waals surface area (Å²) >= 11 is 6.09. The second-order valence-corrected chi connectivity index (χ2v) is 7.52. The first-order chi connectivity index (χ1) is 11.6. The third kappa shape index (κ3) is 4.57. The molecular formula is C18H25BClNO4. The Morgan fingerprint density at radius 3 is 2.40 bits per heavy atom. The van der Waals surface area contributed by atoms with E-state index >= 15 is 0 Å². The number of carbonyl (C=O) groups is 1. The molecule has 0 atom stereocenters. The molecule has 5 nitrogen and oxygen atoms in total. The summed E-state index contributed by atoms with van der Waals surface area (Å²) in [6.07, 6.45) is 1.93. The summed E-state index contributed by atoms with van der Waals surface area (Å²) in [5.74, 6) is 0.472. The van der Waals surface area contributed by atoms with E-state index in [1.165, 1.54) is 6.92 Å². The summed E-state index contributed by atoms with van der Waals surface area (Å²) in [5.41, 5.74) is 0.796. The number of carbonyl (C=O) groups excluding carboxylic acids is 1. The molecule has 1 amide bonds.